The van der Waals surface area contributed by atoms with E-state index in [0.717, 1.165) is 12.0 Å². The second kappa shape index (κ2) is 10.7. The number of hydrogen-bond donors (Lipinski definition) is 1. The van der Waals surface area contributed by atoms with Gasteiger partial charge in [0.1, 0.15) is 5.75 Å². The van der Waals surface area contributed by atoms with Crippen LogP contribution >= 0.6 is 0 Å². The van der Waals surface area contributed by atoms with Gasteiger partial charge in [-0.1, -0.05) is 57.2 Å². The summed E-state index contributed by atoms with van der Waals surface area (Å²) in [7, 11) is 0. The summed E-state index contributed by atoms with van der Waals surface area (Å²) in [6.45, 7) is 2.24. The number of hydrogen-bond acceptors (Lipinski definition) is 1. The molecule has 0 aliphatic rings. The summed E-state index contributed by atoms with van der Waals surface area (Å²) in [6.07, 6.45) is 8.85. The molecule has 0 aliphatic carbocycles. The van der Waals surface area contributed by atoms with Crippen molar-refractivity contribution < 1.29 is 5.11 Å². The van der Waals surface area contributed by atoms with Crippen LogP contribution in [0.1, 0.15) is 51.0 Å². The minimum absolute atomic E-state index is 0. The van der Waals surface area contributed by atoms with Crippen molar-refractivity contribution >= 4 is 48.9 Å². The average molecular weight is 346 g/mol. The molecule has 88 valence electrons. The van der Waals surface area contributed by atoms with E-state index >= 15 is 0 Å². The molecule has 0 saturated carbocycles. The number of benzene rings is 1. The number of aryl methyl sites for hydroxylation is 1. The van der Waals surface area contributed by atoms with Gasteiger partial charge in [-0.3, -0.25) is 0 Å². The van der Waals surface area contributed by atoms with E-state index in [1.807, 2.05) is 18.2 Å². The Morgan fingerprint density at radius 3 is 2.25 bits per heavy atom. The van der Waals surface area contributed by atoms with Crippen LogP contribution < -0.4 is 0 Å². The Hall–Kier alpha value is 0.591. The second-order valence-electron chi connectivity index (χ2n) is 4.15. The van der Waals surface area contributed by atoms with Crippen LogP contribution in [0, 0.1) is 0 Å². The first kappa shape index (κ1) is 16.6. The van der Waals surface area contributed by atoms with E-state index in [-0.39, 0.29) is 48.9 Å². The molecule has 1 aromatic rings. The van der Waals surface area contributed by atoms with Gasteiger partial charge in [0.15, 0.2) is 0 Å². The zero-order chi connectivity index (χ0) is 10.9. The van der Waals surface area contributed by atoms with E-state index in [2.05, 4.69) is 6.92 Å². The zero-order valence-corrected chi connectivity index (χ0v) is 9.71. The summed E-state index contributed by atoms with van der Waals surface area (Å²) in [5, 5.41) is 9.55. The van der Waals surface area contributed by atoms with Gasteiger partial charge >= 0.3 is 48.9 Å². The fourth-order valence-electron chi connectivity index (χ4n) is 1.82. The Balaban J connectivity index is 0.00000225. The van der Waals surface area contributed by atoms with Gasteiger partial charge in [-0.05, 0) is 24.5 Å². The molecule has 0 amide bonds. The quantitative estimate of drug-likeness (QED) is 0.593. The van der Waals surface area contributed by atoms with Gasteiger partial charge in [0.25, 0.3) is 0 Å². The molecule has 0 aliphatic heterocycles. The molecule has 0 unspecified atom stereocenters. The van der Waals surface area contributed by atoms with E-state index in [0.29, 0.717) is 5.75 Å². The Kier molecular flexibility index (Phi) is 11.1. The summed E-state index contributed by atoms with van der Waals surface area (Å²) in [6, 6.07) is 7.65. The molecule has 0 bridgehead atoms. The van der Waals surface area contributed by atoms with Crippen molar-refractivity contribution in [2.24, 2.45) is 0 Å². The number of phenolic OH excluding ortho intramolecular Hbond substituents is 1. The molecule has 0 fully saturated rings. The number of rotatable bonds is 7. The van der Waals surface area contributed by atoms with Gasteiger partial charge in [0.05, 0.1) is 0 Å². The minimum atomic E-state index is 0. The number of unbranched alkanes of at least 4 members (excludes halogenated alkanes) is 5. The predicted octanol–water partition coefficient (Wildman–Crippen LogP) is 3.38. The van der Waals surface area contributed by atoms with E-state index in [9.17, 15) is 5.11 Å². The molecule has 1 aromatic carbocycles. The molecule has 0 atom stereocenters. The molecule has 0 radical (unpaired) electrons. The molecule has 1 N–H and O–H groups in total. The molecule has 0 heterocycles. The Labute approximate surface area is 140 Å². The van der Waals surface area contributed by atoms with Crippen molar-refractivity contribution in [2.75, 3.05) is 0 Å². The molecule has 16 heavy (non-hydrogen) atoms. The Bertz CT molecular complexity index is 273. The van der Waals surface area contributed by atoms with Crippen LogP contribution in [0.15, 0.2) is 24.3 Å². The maximum absolute atomic E-state index is 9.55. The maximum atomic E-state index is 9.55. The molecular weight excluding hydrogens is 321 g/mol. The van der Waals surface area contributed by atoms with Crippen molar-refractivity contribution in [1.29, 1.82) is 0 Å². The molecule has 2 heteroatoms. The zero-order valence-electron chi connectivity index (χ0n) is 9.71. The molecule has 1 rings (SSSR count). The first-order valence-corrected chi connectivity index (χ1v) is 6.11. The summed E-state index contributed by atoms with van der Waals surface area (Å²) >= 11 is 0. The molecular formula is C14H24BaO. The molecule has 0 saturated heterocycles. The second-order valence-corrected chi connectivity index (χ2v) is 4.15. The Morgan fingerprint density at radius 2 is 1.56 bits per heavy atom. The SMILES string of the molecule is CCCCCCCCc1ccccc1O.[BaH2]. The van der Waals surface area contributed by atoms with Crippen molar-refractivity contribution in [2.45, 2.75) is 51.9 Å². The third-order valence-electron chi connectivity index (χ3n) is 2.79. The monoisotopic (exact) mass is 346 g/mol. The number of aromatic hydroxyl groups is 1. The topological polar surface area (TPSA) is 20.2 Å². The van der Waals surface area contributed by atoms with Crippen LogP contribution in [0.25, 0.3) is 0 Å². The average Bonchev–Trinajstić information content (AvgIpc) is 2.25. The summed E-state index contributed by atoms with van der Waals surface area (Å²) in [5.41, 5.74) is 1.09. The third-order valence-corrected chi connectivity index (χ3v) is 2.79. The van der Waals surface area contributed by atoms with Gasteiger partial charge in [0.2, 0.25) is 0 Å². The van der Waals surface area contributed by atoms with Gasteiger partial charge in [0, 0.05) is 0 Å². The van der Waals surface area contributed by atoms with Crippen LogP contribution in [0.4, 0.5) is 0 Å². The van der Waals surface area contributed by atoms with Gasteiger partial charge in [-0.15, -0.1) is 0 Å². The standard InChI is InChI=1S/C14H22O.Ba.2H/c1-2-3-4-5-6-7-10-13-11-8-9-12-14(13)15;;;/h8-9,11-12,15H,2-7,10H2,1H3;;;. The van der Waals surface area contributed by atoms with Gasteiger partial charge in [-0.2, -0.15) is 0 Å². The van der Waals surface area contributed by atoms with Gasteiger partial charge in [-0.25, -0.2) is 0 Å². The van der Waals surface area contributed by atoms with E-state index in [1.165, 1.54) is 38.5 Å². The van der Waals surface area contributed by atoms with Crippen LogP contribution in [0.3, 0.4) is 0 Å². The predicted molar refractivity (Wildman–Crippen MR) is 73.7 cm³/mol. The molecule has 0 aromatic heterocycles. The van der Waals surface area contributed by atoms with Crippen molar-refractivity contribution in [1.82, 2.24) is 0 Å². The molecule has 1 nitrogen and oxygen atoms in total. The van der Waals surface area contributed by atoms with Crippen LogP contribution in [-0.4, -0.2) is 54.0 Å². The first-order chi connectivity index (χ1) is 7.34. The summed E-state index contributed by atoms with van der Waals surface area (Å²) < 4.78 is 0. The van der Waals surface area contributed by atoms with Crippen molar-refractivity contribution in [3.8, 4) is 5.75 Å². The first-order valence-electron chi connectivity index (χ1n) is 6.11. The number of para-hydroxylation sites is 1. The number of phenols is 1. The summed E-state index contributed by atoms with van der Waals surface area (Å²) in [5.74, 6) is 0.450. The summed E-state index contributed by atoms with van der Waals surface area (Å²) in [4.78, 5) is 0. The Morgan fingerprint density at radius 1 is 0.938 bits per heavy atom. The fourth-order valence-corrected chi connectivity index (χ4v) is 1.82. The van der Waals surface area contributed by atoms with E-state index in [1.54, 1.807) is 6.07 Å². The van der Waals surface area contributed by atoms with Crippen LogP contribution in [-0.2, 0) is 6.42 Å². The molecule has 0 spiro atoms. The fraction of sp³-hybridized carbons (Fsp3) is 0.571. The normalized spacial score (nSPS) is 9.81. The van der Waals surface area contributed by atoms with Crippen molar-refractivity contribution in [3.05, 3.63) is 29.8 Å². The third kappa shape index (κ3) is 7.02. The van der Waals surface area contributed by atoms with Gasteiger partial charge < -0.3 is 5.11 Å². The van der Waals surface area contributed by atoms with Crippen LogP contribution in [0.5, 0.6) is 5.75 Å². The van der Waals surface area contributed by atoms with E-state index < -0.39 is 0 Å². The van der Waals surface area contributed by atoms with Crippen molar-refractivity contribution in [3.63, 3.8) is 0 Å². The van der Waals surface area contributed by atoms with E-state index in [4.69, 9.17) is 0 Å². The van der Waals surface area contributed by atoms with Crippen LogP contribution in [0.2, 0.25) is 0 Å².